The van der Waals surface area contributed by atoms with E-state index in [1.54, 1.807) is 0 Å². The molecule has 1 heterocycles. The van der Waals surface area contributed by atoms with Crippen molar-refractivity contribution >= 4 is 17.8 Å². The molecule has 146 valence electrons. The first-order valence-corrected chi connectivity index (χ1v) is 10.1. The normalized spacial score (nSPS) is 32.0. The van der Waals surface area contributed by atoms with Crippen molar-refractivity contribution in [3.8, 4) is 0 Å². The highest BCUT2D eigenvalue weighted by Crippen LogP contribution is 2.46. The van der Waals surface area contributed by atoms with Crippen molar-refractivity contribution in [3.63, 3.8) is 0 Å². The van der Waals surface area contributed by atoms with Gasteiger partial charge in [-0.2, -0.15) is 0 Å². The summed E-state index contributed by atoms with van der Waals surface area (Å²) in [6.07, 6.45) is 8.37. The average Bonchev–Trinajstić information content (AvgIpc) is 2.75. The molecule has 0 radical (unpaired) electrons. The number of carbonyl (C=O) groups is 3. The summed E-state index contributed by atoms with van der Waals surface area (Å²) in [4.78, 5) is 38.9. The van der Waals surface area contributed by atoms with Gasteiger partial charge in [0.1, 0.15) is 12.1 Å². The lowest BCUT2D eigenvalue weighted by Gasteiger charge is -2.43. The van der Waals surface area contributed by atoms with Crippen molar-refractivity contribution in [3.05, 3.63) is 0 Å². The highest BCUT2D eigenvalue weighted by Gasteiger charge is 2.56. The first-order valence-electron chi connectivity index (χ1n) is 10.1. The first kappa shape index (κ1) is 19.2. The fourth-order valence-corrected chi connectivity index (χ4v) is 5.50. The lowest BCUT2D eigenvalue weighted by atomic mass is 9.64. The largest absolute Gasteiger partial charge is 0.354 e. The summed E-state index contributed by atoms with van der Waals surface area (Å²) < 4.78 is 0. The number of amides is 4. The van der Waals surface area contributed by atoms with Crippen molar-refractivity contribution in [2.24, 2.45) is 17.3 Å². The molecule has 3 aliphatic rings. The highest BCUT2D eigenvalue weighted by atomic mass is 16.2. The number of nitrogens with one attached hydrogen (secondary N) is 2. The van der Waals surface area contributed by atoms with Gasteiger partial charge in [0.15, 0.2) is 0 Å². The van der Waals surface area contributed by atoms with Gasteiger partial charge in [-0.25, -0.2) is 4.79 Å². The van der Waals surface area contributed by atoms with Gasteiger partial charge < -0.3 is 10.6 Å². The molecular formula is C20H33N3O3. The Labute approximate surface area is 156 Å². The quantitative estimate of drug-likeness (QED) is 0.754. The van der Waals surface area contributed by atoms with Crippen molar-refractivity contribution in [2.45, 2.75) is 77.7 Å². The topological polar surface area (TPSA) is 78.5 Å². The summed E-state index contributed by atoms with van der Waals surface area (Å²) in [6.45, 7) is 6.89. The van der Waals surface area contributed by atoms with E-state index in [1.807, 2.05) is 0 Å². The summed E-state index contributed by atoms with van der Waals surface area (Å²) in [7, 11) is 0. The summed E-state index contributed by atoms with van der Waals surface area (Å²) >= 11 is 0. The highest BCUT2D eigenvalue weighted by molar-refractivity contribution is 6.09. The van der Waals surface area contributed by atoms with E-state index < -0.39 is 11.6 Å². The zero-order valence-electron chi connectivity index (χ0n) is 16.4. The molecule has 3 fully saturated rings. The molecule has 26 heavy (non-hydrogen) atoms. The molecule has 0 aromatic carbocycles. The zero-order chi connectivity index (χ0) is 18.9. The van der Waals surface area contributed by atoms with E-state index in [0.717, 1.165) is 24.2 Å². The van der Waals surface area contributed by atoms with Gasteiger partial charge in [-0.15, -0.1) is 0 Å². The second kappa shape index (κ2) is 7.20. The minimum Gasteiger partial charge on any atom is -0.354 e. The molecule has 2 N–H and O–H groups in total. The molecule has 1 aliphatic heterocycles. The van der Waals surface area contributed by atoms with Gasteiger partial charge in [-0.3, -0.25) is 14.5 Å². The van der Waals surface area contributed by atoms with Crippen LogP contribution in [-0.4, -0.2) is 41.4 Å². The van der Waals surface area contributed by atoms with Gasteiger partial charge in [-0.1, -0.05) is 40.0 Å². The van der Waals surface area contributed by atoms with Crippen molar-refractivity contribution in [1.82, 2.24) is 15.5 Å². The maximum Gasteiger partial charge on any atom is 0.325 e. The Kier molecular flexibility index (Phi) is 5.31. The molecule has 2 atom stereocenters. The fourth-order valence-electron chi connectivity index (χ4n) is 5.50. The molecule has 2 aliphatic carbocycles. The predicted octanol–water partition coefficient (Wildman–Crippen LogP) is 2.82. The molecular weight excluding hydrogens is 330 g/mol. The van der Waals surface area contributed by atoms with Gasteiger partial charge in [0.25, 0.3) is 5.91 Å². The second-order valence-electron chi connectivity index (χ2n) is 9.57. The van der Waals surface area contributed by atoms with E-state index >= 15 is 0 Å². The maximum absolute atomic E-state index is 13.0. The molecule has 0 bridgehead atoms. The summed E-state index contributed by atoms with van der Waals surface area (Å²) in [5.74, 6) is 0.430. The Morgan fingerprint density at radius 1 is 1.19 bits per heavy atom. The smallest absolute Gasteiger partial charge is 0.325 e. The van der Waals surface area contributed by atoms with Crippen molar-refractivity contribution in [1.29, 1.82) is 0 Å². The molecule has 3 rings (SSSR count). The molecule has 6 nitrogen and oxygen atoms in total. The molecule has 0 unspecified atom stereocenters. The number of hydrogen-bond acceptors (Lipinski definition) is 3. The standard InChI is InChI=1S/C20H33N3O3/c1-14-9-19(2,3)13-20(10-14)17(25)23(18(26)22-20)12-16(24)21-11-15-7-5-4-6-8-15/h14-15H,4-13H2,1-3H3,(H,21,24)(H,22,26)/t14-,20-/m0/s1. The molecule has 0 aromatic rings. The minimum atomic E-state index is -0.831. The molecule has 1 saturated heterocycles. The lowest BCUT2D eigenvalue weighted by molar-refractivity contribution is -0.137. The Hall–Kier alpha value is -1.59. The number of carbonyl (C=O) groups excluding carboxylic acids is 3. The van der Waals surface area contributed by atoms with Crippen LogP contribution in [0.25, 0.3) is 0 Å². The van der Waals surface area contributed by atoms with E-state index in [-0.39, 0.29) is 23.8 Å². The number of rotatable bonds is 4. The third-order valence-corrected chi connectivity index (χ3v) is 6.24. The third-order valence-electron chi connectivity index (χ3n) is 6.24. The van der Waals surface area contributed by atoms with Crippen LogP contribution in [0.3, 0.4) is 0 Å². The van der Waals surface area contributed by atoms with Crippen LogP contribution >= 0.6 is 0 Å². The average molecular weight is 364 g/mol. The Morgan fingerprint density at radius 2 is 1.88 bits per heavy atom. The van der Waals surface area contributed by atoms with Crippen LogP contribution in [-0.2, 0) is 9.59 Å². The summed E-state index contributed by atoms with van der Waals surface area (Å²) in [5.41, 5.74) is -0.832. The van der Waals surface area contributed by atoms with Crippen LogP contribution < -0.4 is 10.6 Å². The van der Waals surface area contributed by atoms with Crippen LogP contribution in [0.1, 0.15) is 72.1 Å². The predicted molar refractivity (Wildman–Crippen MR) is 99.4 cm³/mol. The number of imide groups is 1. The van der Waals surface area contributed by atoms with Crippen molar-refractivity contribution in [2.75, 3.05) is 13.1 Å². The van der Waals surface area contributed by atoms with E-state index in [0.29, 0.717) is 31.2 Å². The van der Waals surface area contributed by atoms with Crippen LogP contribution in [0, 0.1) is 17.3 Å². The Balaban J connectivity index is 1.59. The lowest BCUT2D eigenvalue weighted by Crippen LogP contribution is -2.54. The Bertz CT molecular complexity index is 583. The fraction of sp³-hybridized carbons (Fsp3) is 0.850. The van der Waals surface area contributed by atoms with Crippen LogP contribution in [0.4, 0.5) is 4.79 Å². The Morgan fingerprint density at radius 3 is 2.54 bits per heavy atom. The maximum atomic E-state index is 13.0. The van der Waals surface area contributed by atoms with Gasteiger partial charge in [0.2, 0.25) is 5.91 Å². The van der Waals surface area contributed by atoms with E-state index in [4.69, 9.17) is 0 Å². The van der Waals surface area contributed by atoms with E-state index in [9.17, 15) is 14.4 Å². The van der Waals surface area contributed by atoms with E-state index in [2.05, 4.69) is 31.4 Å². The monoisotopic (exact) mass is 363 g/mol. The SMILES string of the molecule is C[C@H]1CC(C)(C)C[C@]2(C1)NC(=O)N(CC(=O)NCC1CCCCC1)C2=O. The van der Waals surface area contributed by atoms with Gasteiger partial charge in [-0.05, 0) is 49.4 Å². The molecule has 0 aromatic heterocycles. The third kappa shape index (κ3) is 4.04. The van der Waals surface area contributed by atoms with Crippen LogP contribution in [0.2, 0.25) is 0 Å². The van der Waals surface area contributed by atoms with Crippen LogP contribution in [0.5, 0.6) is 0 Å². The van der Waals surface area contributed by atoms with Gasteiger partial charge in [0, 0.05) is 6.54 Å². The number of urea groups is 1. The molecule has 1 spiro atoms. The van der Waals surface area contributed by atoms with Crippen LogP contribution in [0.15, 0.2) is 0 Å². The number of hydrogen-bond donors (Lipinski definition) is 2. The van der Waals surface area contributed by atoms with E-state index in [1.165, 1.54) is 19.3 Å². The molecule has 4 amide bonds. The second-order valence-corrected chi connectivity index (χ2v) is 9.57. The molecule has 2 saturated carbocycles. The van der Waals surface area contributed by atoms with Gasteiger partial charge >= 0.3 is 6.03 Å². The summed E-state index contributed by atoms with van der Waals surface area (Å²) in [5, 5.41) is 5.85. The zero-order valence-corrected chi connectivity index (χ0v) is 16.4. The van der Waals surface area contributed by atoms with Crippen molar-refractivity contribution < 1.29 is 14.4 Å². The molecule has 6 heteroatoms. The number of nitrogens with zero attached hydrogens (tertiary/aromatic N) is 1. The first-order chi connectivity index (χ1) is 12.2. The minimum absolute atomic E-state index is 0.000141. The summed E-state index contributed by atoms with van der Waals surface area (Å²) in [6, 6.07) is -0.423. The van der Waals surface area contributed by atoms with Gasteiger partial charge in [0.05, 0.1) is 0 Å².